The molecule has 0 aliphatic heterocycles. The fourth-order valence-corrected chi connectivity index (χ4v) is 8.90. The molecular formula is C21H21BrF3O5PS2. The van der Waals surface area contributed by atoms with Crippen molar-refractivity contribution >= 4 is 54.8 Å². The average molecular weight is 585 g/mol. The maximum atomic E-state index is 13.8. The summed E-state index contributed by atoms with van der Waals surface area (Å²) in [5.74, 6) is 0. The molecule has 12 heteroatoms. The number of hydrogen-bond donors (Lipinski definition) is 0. The van der Waals surface area contributed by atoms with Gasteiger partial charge in [0, 0.05) is 19.4 Å². The van der Waals surface area contributed by atoms with Crippen LogP contribution in [-0.2, 0) is 29.9 Å². The average Bonchev–Trinajstić information content (AvgIpc) is 3.08. The SMILES string of the molecule is CCOP(=O)(OCC)C(Cc1ccc(S(=O)(=O)C(F)(F)F)cc1)c1sc2ccccc2c1Br. The molecule has 1 atom stereocenters. The highest BCUT2D eigenvalue weighted by molar-refractivity contribution is 9.10. The maximum Gasteiger partial charge on any atom is 0.501 e. The van der Waals surface area contributed by atoms with Crippen LogP contribution in [0.25, 0.3) is 10.1 Å². The molecule has 3 rings (SSSR count). The lowest BCUT2D eigenvalue weighted by atomic mass is 10.1. The van der Waals surface area contributed by atoms with Gasteiger partial charge in [-0.05, 0) is 60.0 Å². The van der Waals surface area contributed by atoms with E-state index in [1.165, 1.54) is 23.5 Å². The first-order chi connectivity index (χ1) is 15.4. The summed E-state index contributed by atoms with van der Waals surface area (Å²) in [7, 11) is -9.14. The Morgan fingerprint density at radius 1 is 1.03 bits per heavy atom. The van der Waals surface area contributed by atoms with E-state index in [4.69, 9.17) is 9.05 Å². The summed E-state index contributed by atoms with van der Waals surface area (Å²) in [5.41, 5.74) is -5.65. The Balaban J connectivity index is 2.07. The molecule has 2 aromatic carbocycles. The highest BCUT2D eigenvalue weighted by Crippen LogP contribution is 2.64. The van der Waals surface area contributed by atoms with Gasteiger partial charge in [-0.1, -0.05) is 30.3 Å². The lowest BCUT2D eigenvalue weighted by Gasteiger charge is -2.26. The number of thiophene rings is 1. The zero-order valence-corrected chi connectivity index (χ0v) is 21.7. The van der Waals surface area contributed by atoms with Crippen molar-refractivity contribution < 1.29 is 35.2 Å². The Morgan fingerprint density at radius 3 is 2.12 bits per heavy atom. The molecule has 1 aromatic heterocycles. The zero-order valence-electron chi connectivity index (χ0n) is 17.6. The van der Waals surface area contributed by atoms with Crippen molar-refractivity contribution in [2.45, 2.75) is 36.3 Å². The van der Waals surface area contributed by atoms with Crippen molar-refractivity contribution in [1.29, 1.82) is 0 Å². The normalized spacial score (nSPS) is 14.0. The van der Waals surface area contributed by atoms with Crippen LogP contribution in [0.3, 0.4) is 0 Å². The molecule has 0 aliphatic rings. The maximum absolute atomic E-state index is 13.8. The van der Waals surface area contributed by atoms with Gasteiger partial charge in [-0.25, -0.2) is 8.42 Å². The highest BCUT2D eigenvalue weighted by atomic mass is 79.9. The van der Waals surface area contributed by atoms with Crippen LogP contribution in [0.15, 0.2) is 57.9 Å². The van der Waals surface area contributed by atoms with Crippen molar-refractivity contribution in [2.24, 2.45) is 0 Å². The van der Waals surface area contributed by atoms with E-state index < -0.39 is 33.5 Å². The fraction of sp³-hybridized carbons (Fsp3) is 0.333. The highest BCUT2D eigenvalue weighted by Gasteiger charge is 2.47. The van der Waals surface area contributed by atoms with Crippen LogP contribution < -0.4 is 0 Å². The quantitative estimate of drug-likeness (QED) is 0.243. The first-order valence-corrected chi connectivity index (χ1v) is 14.6. The molecule has 0 amide bonds. The third-order valence-electron chi connectivity index (χ3n) is 4.83. The monoisotopic (exact) mass is 584 g/mol. The third-order valence-corrected chi connectivity index (χ3v) is 11.3. The molecule has 180 valence electrons. The summed E-state index contributed by atoms with van der Waals surface area (Å²) in [4.78, 5) is -0.135. The summed E-state index contributed by atoms with van der Waals surface area (Å²) in [6.07, 6.45) is 0.106. The van der Waals surface area contributed by atoms with Crippen LogP contribution in [0.4, 0.5) is 13.2 Å². The number of hydrogen-bond acceptors (Lipinski definition) is 6. The second-order valence-corrected chi connectivity index (χ2v) is 13.0. The molecule has 5 nitrogen and oxygen atoms in total. The molecule has 0 radical (unpaired) electrons. The third kappa shape index (κ3) is 5.39. The van der Waals surface area contributed by atoms with Gasteiger partial charge in [0.1, 0.15) is 5.66 Å². The first-order valence-electron chi connectivity index (χ1n) is 9.90. The second kappa shape index (κ2) is 10.2. The van der Waals surface area contributed by atoms with Crippen molar-refractivity contribution in [3.63, 3.8) is 0 Å². The van der Waals surface area contributed by atoms with Gasteiger partial charge < -0.3 is 9.05 Å². The molecular weight excluding hydrogens is 564 g/mol. The van der Waals surface area contributed by atoms with E-state index in [0.717, 1.165) is 26.7 Å². The molecule has 33 heavy (non-hydrogen) atoms. The minimum Gasteiger partial charge on any atom is -0.308 e. The van der Waals surface area contributed by atoms with Gasteiger partial charge in [-0.3, -0.25) is 4.57 Å². The number of benzene rings is 2. The van der Waals surface area contributed by atoms with E-state index >= 15 is 0 Å². The molecule has 3 aromatic rings. The van der Waals surface area contributed by atoms with E-state index in [0.29, 0.717) is 10.4 Å². The van der Waals surface area contributed by atoms with Gasteiger partial charge in [0.05, 0.1) is 18.1 Å². The Labute approximate surface area is 202 Å². The second-order valence-electron chi connectivity index (χ2n) is 6.96. The van der Waals surface area contributed by atoms with E-state index in [9.17, 15) is 26.2 Å². The van der Waals surface area contributed by atoms with Crippen LogP contribution in [0.2, 0.25) is 0 Å². The van der Waals surface area contributed by atoms with Crippen LogP contribution >= 0.6 is 34.9 Å². The van der Waals surface area contributed by atoms with E-state index in [1.54, 1.807) is 13.8 Å². The molecule has 0 bridgehead atoms. The molecule has 0 saturated heterocycles. The molecule has 1 unspecified atom stereocenters. The van der Waals surface area contributed by atoms with Crippen LogP contribution in [0, 0.1) is 0 Å². The van der Waals surface area contributed by atoms with Gasteiger partial charge in [0.25, 0.3) is 9.84 Å². The summed E-state index contributed by atoms with van der Waals surface area (Å²) in [6, 6.07) is 12.0. The van der Waals surface area contributed by atoms with Crippen LogP contribution in [-0.4, -0.2) is 27.1 Å². The van der Waals surface area contributed by atoms with Crippen molar-refractivity contribution in [3.05, 3.63) is 63.4 Å². The molecule has 1 heterocycles. The number of halogens is 4. The van der Waals surface area contributed by atoms with Crippen molar-refractivity contribution in [2.75, 3.05) is 13.2 Å². The van der Waals surface area contributed by atoms with E-state index in [-0.39, 0.29) is 19.6 Å². The topological polar surface area (TPSA) is 69.7 Å². The minimum atomic E-state index is -5.45. The number of fused-ring (bicyclic) bond motifs is 1. The lowest BCUT2D eigenvalue weighted by molar-refractivity contribution is -0.0436. The Hall–Kier alpha value is -1.23. The van der Waals surface area contributed by atoms with Crippen LogP contribution in [0.1, 0.15) is 29.9 Å². The zero-order chi connectivity index (χ0) is 24.4. The predicted octanol–water partition coefficient (Wildman–Crippen LogP) is 7.51. The Morgan fingerprint density at radius 2 is 1.61 bits per heavy atom. The molecule has 0 aliphatic carbocycles. The summed E-state index contributed by atoms with van der Waals surface area (Å²) in [5, 5.41) is 0.925. The predicted molar refractivity (Wildman–Crippen MR) is 127 cm³/mol. The summed E-state index contributed by atoms with van der Waals surface area (Å²) in [6.45, 7) is 3.66. The first kappa shape index (κ1) is 26.4. The molecule has 0 spiro atoms. The number of rotatable bonds is 9. The molecule has 0 fully saturated rings. The van der Waals surface area contributed by atoms with Gasteiger partial charge in [-0.2, -0.15) is 13.2 Å². The summed E-state index contributed by atoms with van der Waals surface area (Å²) >= 11 is 5.01. The van der Waals surface area contributed by atoms with Crippen molar-refractivity contribution in [3.8, 4) is 0 Å². The smallest absolute Gasteiger partial charge is 0.308 e. The lowest BCUT2D eigenvalue weighted by Crippen LogP contribution is -2.23. The van der Waals surface area contributed by atoms with E-state index in [2.05, 4.69) is 15.9 Å². The number of alkyl halides is 3. The van der Waals surface area contributed by atoms with Crippen molar-refractivity contribution in [1.82, 2.24) is 0 Å². The molecule has 0 saturated carbocycles. The van der Waals surface area contributed by atoms with Crippen LogP contribution in [0.5, 0.6) is 0 Å². The summed E-state index contributed by atoms with van der Waals surface area (Å²) < 4.78 is 88.6. The van der Waals surface area contributed by atoms with Gasteiger partial charge in [-0.15, -0.1) is 11.3 Å². The van der Waals surface area contributed by atoms with Gasteiger partial charge >= 0.3 is 13.1 Å². The standard InChI is InChI=1S/C21H21BrF3O5PS2/c1-3-29-31(26,30-4-2)17(20-19(22)16-7-5-6-8-18(16)32-20)13-14-9-11-15(12-10-14)33(27,28)21(23,24)25/h5-12,17H,3-4,13H2,1-2H3. The van der Waals surface area contributed by atoms with Gasteiger partial charge in [0.15, 0.2) is 0 Å². The number of sulfone groups is 1. The minimum absolute atomic E-state index is 0.106. The van der Waals surface area contributed by atoms with E-state index in [1.807, 2.05) is 24.3 Å². The molecule has 0 N–H and O–H groups in total. The Kier molecular flexibility index (Phi) is 8.13. The fourth-order valence-electron chi connectivity index (χ4n) is 3.33. The van der Waals surface area contributed by atoms with Gasteiger partial charge in [0.2, 0.25) is 0 Å². The Bertz CT molecular complexity index is 1260. The largest absolute Gasteiger partial charge is 0.501 e.